The standard InChI is InChI=1S/C17H24F2N2O2/c1-11(12-7-4-5-8-13(12)23-16(18)19)21-15(22)14-17(2,3)9-6-10-20-14/h4-5,7-8,11,14,16,20H,6,9-10H2,1-3H3,(H,21,22). The highest BCUT2D eigenvalue weighted by atomic mass is 19.3. The number of hydrogen-bond donors (Lipinski definition) is 2. The van der Waals surface area contributed by atoms with Crippen LogP contribution in [0.2, 0.25) is 0 Å². The van der Waals surface area contributed by atoms with E-state index >= 15 is 0 Å². The van der Waals surface area contributed by atoms with Gasteiger partial charge in [-0.15, -0.1) is 0 Å². The van der Waals surface area contributed by atoms with Crippen LogP contribution < -0.4 is 15.4 Å². The molecule has 2 N–H and O–H groups in total. The predicted octanol–water partition coefficient (Wildman–Crippen LogP) is 3.24. The van der Waals surface area contributed by atoms with Gasteiger partial charge in [-0.25, -0.2) is 0 Å². The second-order valence-electron chi connectivity index (χ2n) is 6.63. The molecule has 0 aliphatic carbocycles. The number of ether oxygens (including phenoxy) is 1. The molecule has 1 aromatic rings. The van der Waals surface area contributed by atoms with E-state index in [9.17, 15) is 13.6 Å². The fourth-order valence-electron chi connectivity index (χ4n) is 3.07. The molecule has 1 amide bonds. The molecule has 1 aliphatic rings. The molecule has 1 fully saturated rings. The van der Waals surface area contributed by atoms with Crippen molar-refractivity contribution in [3.05, 3.63) is 29.8 Å². The SMILES string of the molecule is CC(NC(=O)C1NCCCC1(C)C)c1ccccc1OC(F)F. The average Bonchev–Trinajstić information content (AvgIpc) is 2.46. The van der Waals surface area contributed by atoms with Gasteiger partial charge >= 0.3 is 6.61 Å². The third-order valence-corrected chi connectivity index (χ3v) is 4.35. The number of carbonyl (C=O) groups is 1. The number of nitrogens with one attached hydrogen (secondary N) is 2. The molecule has 1 aliphatic heterocycles. The van der Waals surface area contributed by atoms with E-state index in [1.165, 1.54) is 6.07 Å². The topological polar surface area (TPSA) is 50.4 Å². The summed E-state index contributed by atoms with van der Waals surface area (Å²) in [4.78, 5) is 12.6. The number of amides is 1. The summed E-state index contributed by atoms with van der Waals surface area (Å²) >= 11 is 0. The highest BCUT2D eigenvalue weighted by Crippen LogP contribution is 2.31. The molecule has 2 atom stereocenters. The van der Waals surface area contributed by atoms with E-state index in [2.05, 4.69) is 29.2 Å². The first-order valence-electron chi connectivity index (χ1n) is 7.89. The van der Waals surface area contributed by atoms with Crippen LogP contribution in [0.25, 0.3) is 0 Å². The minimum absolute atomic E-state index is 0.0890. The second-order valence-corrected chi connectivity index (χ2v) is 6.63. The normalized spacial score (nSPS) is 21.7. The van der Waals surface area contributed by atoms with Crippen molar-refractivity contribution in [3.63, 3.8) is 0 Å². The Morgan fingerprint density at radius 2 is 2.09 bits per heavy atom. The number of halogens is 2. The zero-order valence-electron chi connectivity index (χ0n) is 13.7. The van der Waals surface area contributed by atoms with Crippen LogP contribution in [0.15, 0.2) is 24.3 Å². The number of benzene rings is 1. The molecule has 0 aromatic heterocycles. The minimum atomic E-state index is -2.89. The van der Waals surface area contributed by atoms with Gasteiger partial charge < -0.3 is 15.4 Å². The summed E-state index contributed by atoms with van der Waals surface area (Å²) in [5, 5.41) is 6.16. The molecule has 0 radical (unpaired) electrons. The number of rotatable bonds is 5. The zero-order valence-corrected chi connectivity index (χ0v) is 13.7. The molecule has 4 nitrogen and oxygen atoms in total. The van der Waals surface area contributed by atoms with E-state index in [1.54, 1.807) is 25.1 Å². The van der Waals surface area contributed by atoms with Crippen molar-refractivity contribution < 1.29 is 18.3 Å². The molecule has 2 rings (SSSR count). The predicted molar refractivity (Wildman–Crippen MR) is 84.4 cm³/mol. The van der Waals surface area contributed by atoms with Gasteiger partial charge in [0.2, 0.25) is 5.91 Å². The molecule has 6 heteroatoms. The van der Waals surface area contributed by atoms with Crippen LogP contribution in [0.1, 0.15) is 45.2 Å². The minimum Gasteiger partial charge on any atom is -0.434 e. The number of alkyl halides is 2. The Bertz CT molecular complexity index is 549. The Labute approximate surface area is 135 Å². The summed E-state index contributed by atoms with van der Waals surface area (Å²) in [5.41, 5.74) is 0.399. The van der Waals surface area contributed by atoms with Gasteiger partial charge in [-0.05, 0) is 37.8 Å². The summed E-state index contributed by atoms with van der Waals surface area (Å²) in [6.45, 7) is 3.80. The first-order chi connectivity index (χ1) is 10.8. The molecule has 0 bridgehead atoms. The second kappa shape index (κ2) is 7.25. The van der Waals surface area contributed by atoms with Crippen LogP contribution in [0.3, 0.4) is 0 Å². The molecular formula is C17H24F2N2O2. The Kier molecular flexibility index (Phi) is 5.57. The van der Waals surface area contributed by atoms with Crippen molar-refractivity contribution in [2.75, 3.05) is 6.54 Å². The molecule has 1 saturated heterocycles. The van der Waals surface area contributed by atoms with Gasteiger partial charge in [-0.3, -0.25) is 4.79 Å². The highest BCUT2D eigenvalue weighted by molar-refractivity contribution is 5.83. The zero-order chi connectivity index (χ0) is 17.0. The maximum Gasteiger partial charge on any atom is 0.387 e. The van der Waals surface area contributed by atoms with Crippen molar-refractivity contribution in [1.82, 2.24) is 10.6 Å². The molecule has 0 saturated carbocycles. The Hall–Kier alpha value is -1.69. The molecule has 1 heterocycles. The van der Waals surface area contributed by atoms with E-state index in [4.69, 9.17) is 0 Å². The fourth-order valence-corrected chi connectivity index (χ4v) is 3.07. The van der Waals surface area contributed by atoms with Crippen molar-refractivity contribution in [3.8, 4) is 5.75 Å². The average molecular weight is 326 g/mol. The highest BCUT2D eigenvalue weighted by Gasteiger charge is 2.37. The molecular weight excluding hydrogens is 302 g/mol. The largest absolute Gasteiger partial charge is 0.434 e. The smallest absolute Gasteiger partial charge is 0.387 e. The molecule has 23 heavy (non-hydrogen) atoms. The third-order valence-electron chi connectivity index (χ3n) is 4.35. The van der Waals surface area contributed by atoms with Gasteiger partial charge in [0.25, 0.3) is 0 Å². The van der Waals surface area contributed by atoms with Gasteiger partial charge in [-0.1, -0.05) is 32.0 Å². The van der Waals surface area contributed by atoms with E-state index in [0.717, 1.165) is 19.4 Å². The number of piperidine rings is 1. The van der Waals surface area contributed by atoms with Crippen LogP contribution in [-0.4, -0.2) is 25.1 Å². The summed E-state index contributed by atoms with van der Waals surface area (Å²) in [6.07, 6.45) is 2.01. The number of para-hydroxylation sites is 1. The lowest BCUT2D eigenvalue weighted by atomic mass is 9.77. The van der Waals surface area contributed by atoms with Crippen LogP contribution in [-0.2, 0) is 4.79 Å². The van der Waals surface area contributed by atoms with E-state index in [-0.39, 0.29) is 23.1 Å². The summed E-state index contributed by atoms with van der Waals surface area (Å²) < 4.78 is 29.5. The van der Waals surface area contributed by atoms with Crippen molar-refractivity contribution in [2.45, 2.75) is 52.3 Å². The lowest BCUT2D eigenvalue weighted by Gasteiger charge is -2.38. The number of carbonyl (C=O) groups excluding carboxylic acids is 1. The van der Waals surface area contributed by atoms with Gasteiger partial charge in [0.15, 0.2) is 0 Å². The van der Waals surface area contributed by atoms with Crippen LogP contribution in [0.5, 0.6) is 5.75 Å². The maximum atomic E-state index is 12.6. The van der Waals surface area contributed by atoms with Gasteiger partial charge in [-0.2, -0.15) is 8.78 Å². The number of hydrogen-bond acceptors (Lipinski definition) is 3. The summed E-state index contributed by atoms with van der Waals surface area (Å²) in [7, 11) is 0. The lowest BCUT2D eigenvalue weighted by molar-refractivity contribution is -0.127. The van der Waals surface area contributed by atoms with E-state index < -0.39 is 12.7 Å². The molecule has 128 valence electrons. The lowest BCUT2D eigenvalue weighted by Crippen LogP contribution is -2.55. The summed E-state index contributed by atoms with van der Waals surface area (Å²) in [6, 6.07) is 5.81. The third kappa shape index (κ3) is 4.41. The van der Waals surface area contributed by atoms with Crippen molar-refractivity contribution in [1.29, 1.82) is 0 Å². The first-order valence-corrected chi connectivity index (χ1v) is 7.89. The molecule has 1 aromatic carbocycles. The quantitative estimate of drug-likeness (QED) is 0.873. The first kappa shape index (κ1) is 17.7. The van der Waals surface area contributed by atoms with Crippen LogP contribution in [0.4, 0.5) is 8.78 Å². The van der Waals surface area contributed by atoms with Crippen molar-refractivity contribution in [2.24, 2.45) is 5.41 Å². The monoisotopic (exact) mass is 326 g/mol. The Morgan fingerprint density at radius 3 is 2.74 bits per heavy atom. The van der Waals surface area contributed by atoms with E-state index in [0.29, 0.717) is 5.56 Å². The van der Waals surface area contributed by atoms with E-state index in [1.807, 2.05) is 0 Å². The Balaban J connectivity index is 2.09. The van der Waals surface area contributed by atoms with Crippen molar-refractivity contribution >= 4 is 5.91 Å². The van der Waals surface area contributed by atoms with Gasteiger partial charge in [0.1, 0.15) is 5.75 Å². The fraction of sp³-hybridized carbons (Fsp3) is 0.588. The molecule has 0 spiro atoms. The maximum absolute atomic E-state index is 12.6. The van der Waals surface area contributed by atoms with Gasteiger partial charge in [0, 0.05) is 5.56 Å². The van der Waals surface area contributed by atoms with Gasteiger partial charge in [0.05, 0.1) is 12.1 Å². The summed E-state index contributed by atoms with van der Waals surface area (Å²) in [5.74, 6) is -0.0276. The van der Waals surface area contributed by atoms with Crippen LogP contribution in [0, 0.1) is 5.41 Å². The molecule has 2 unspecified atom stereocenters. The van der Waals surface area contributed by atoms with Crippen LogP contribution >= 0.6 is 0 Å². The Morgan fingerprint density at radius 1 is 1.39 bits per heavy atom.